The molecule has 3 N–H and O–H groups in total. The number of benzene rings is 1. The smallest absolute Gasteiger partial charge is 0.408 e. The van der Waals surface area contributed by atoms with Gasteiger partial charge in [0.15, 0.2) is 11.6 Å². The van der Waals surface area contributed by atoms with Crippen molar-refractivity contribution in [2.45, 2.75) is 32.4 Å². The largest absolute Gasteiger partial charge is 0.444 e. The first-order valence-corrected chi connectivity index (χ1v) is 5.98. The Kier molecular flexibility index (Phi) is 4.99. The zero-order valence-electron chi connectivity index (χ0n) is 11.5. The van der Waals surface area contributed by atoms with Crippen molar-refractivity contribution in [3.63, 3.8) is 0 Å². The van der Waals surface area contributed by atoms with Gasteiger partial charge in [-0.1, -0.05) is 0 Å². The maximum Gasteiger partial charge on any atom is 0.408 e. The number of hydrogen-bond acceptors (Lipinski definition) is 3. The number of carbonyl (C=O) groups is 1. The van der Waals surface area contributed by atoms with Crippen molar-refractivity contribution >= 4 is 6.09 Å². The fourth-order valence-corrected chi connectivity index (χ4v) is 1.52. The molecule has 0 aromatic heterocycles. The van der Waals surface area contributed by atoms with Gasteiger partial charge >= 0.3 is 6.09 Å². The van der Waals surface area contributed by atoms with Gasteiger partial charge in [0.2, 0.25) is 0 Å². The highest BCUT2D eigenvalue weighted by molar-refractivity contribution is 5.68. The molecule has 7 heteroatoms. The second-order valence-electron chi connectivity index (χ2n) is 5.22. The van der Waals surface area contributed by atoms with Gasteiger partial charge < -0.3 is 15.8 Å². The molecule has 1 atom stereocenters. The van der Waals surface area contributed by atoms with Crippen molar-refractivity contribution < 1.29 is 22.7 Å². The van der Waals surface area contributed by atoms with Crippen LogP contribution in [0.15, 0.2) is 12.1 Å². The molecule has 0 aliphatic heterocycles. The zero-order chi connectivity index (χ0) is 15.5. The van der Waals surface area contributed by atoms with Crippen LogP contribution in [0.2, 0.25) is 0 Å². The molecule has 0 radical (unpaired) electrons. The highest BCUT2D eigenvalue weighted by atomic mass is 19.2. The Hall–Kier alpha value is -1.76. The van der Waals surface area contributed by atoms with Crippen LogP contribution in [0.3, 0.4) is 0 Å². The van der Waals surface area contributed by atoms with Crippen LogP contribution < -0.4 is 11.1 Å². The molecule has 4 nitrogen and oxygen atoms in total. The van der Waals surface area contributed by atoms with Crippen LogP contribution in [0.4, 0.5) is 18.0 Å². The molecule has 20 heavy (non-hydrogen) atoms. The summed E-state index contributed by atoms with van der Waals surface area (Å²) in [5.41, 5.74) is 4.44. The van der Waals surface area contributed by atoms with Gasteiger partial charge in [0.1, 0.15) is 11.4 Å². The third-order valence-electron chi connectivity index (χ3n) is 2.34. The molecule has 0 fully saturated rings. The number of nitrogens with one attached hydrogen (secondary N) is 1. The first kappa shape index (κ1) is 16.3. The van der Waals surface area contributed by atoms with Gasteiger partial charge in [0, 0.05) is 18.2 Å². The van der Waals surface area contributed by atoms with Crippen LogP contribution in [-0.2, 0) is 4.74 Å². The Balaban J connectivity index is 2.92. The molecule has 1 rings (SSSR count). The monoisotopic (exact) mass is 290 g/mol. The van der Waals surface area contributed by atoms with Gasteiger partial charge in [0.05, 0.1) is 6.04 Å². The summed E-state index contributed by atoms with van der Waals surface area (Å²) in [6, 6.07) is 0.0591. The molecule has 0 aliphatic rings. The maximum absolute atomic E-state index is 13.6. The normalized spacial score (nSPS) is 12.9. The number of halogens is 3. The van der Waals surface area contributed by atoms with Gasteiger partial charge in [-0.05, 0) is 26.8 Å². The fraction of sp³-hybridized carbons (Fsp3) is 0.462. The fourth-order valence-electron chi connectivity index (χ4n) is 1.52. The molecular weight excluding hydrogens is 273 g/mol. The van der Waals surface area contributed by atoms with Gasteiger partial charge in [-0.2, -0.15) is 0 Å². The average Bonchev–Trinajstić information content (AvgIpc) is 2.29. The van der Waals surface area contributed by atoms with Crippen LogP contribution in [0, 0.1) is 17.5 Å². The molecule has 1 aromatic rings. The van der Waals surface area contributed by atoms with Crippen molar-refractivity contribution in [2.24, 2.45) is 5.73 Å². The minimum atomic E-state index is -1.31. The Labute approximate surface area is 115 Å². The summed E-state index contributed by atoms with van der Waals surface area (Å²) in [5, 5.41) is 2.31. The molecule has 1 amide bonds. The number of carbonyl (C=O) groups excluding carboxylic acids is 1. The summed E-state index contributed by atoms with van der Waals surface area (Å²) in [6.45, 7) is 4.77. The SMILES string of the molecule is CC(C)(C)OC(=O)NC(CN)c1cc(F)c(F)cc1F. The van der Waals surface area contributed by atoms with Crippen LogP contribution in [0.25, 0.3) is 0 Å². The van der Waals surface area contributed by atoms with E-state index in [1.54, 1.807) is 20.8 Å². The van der Waals surface area contributed by atoms with E-state index in [-0.39, 0.29) is 12.1 Å². The molecule has 112 valence electrons. The molecule has 0 heterocycles. The van der Waals surface area contributed by atoms with E-state index in [2.05, 4.69) is 5.32 Å². The topological polar surface area (TPSA) is 64.3 Å². The molecular formula is C13H17F3N2O2. The molecule has 0 aliphatic carbocycles. The standard InChI is InChI=1S/C13H17F3N2O2/c1-13(2,3)20-12(19)18-11(6-17)7-4-9(15)10(16)5-8(7)14/h4-5,11H,6,17H2,1-3H3,(H,18,19). The summed E-state index contributed by atoms with van der Waals surface area (Å²) in [4.78, 5) is 11.6. The lowest BCUT2D eigenvalue weighted by Crippen LogP contribution is -2.38. The zero-order valence-corrected chi connectivity index (χ0v) is 11.5. The maximum atomic E-state index is 13.6. The van der Waals surface area contributed by atoms with E-state index < -0.39 is 35.2 Å². The third-order valence-corrected chi connectivity index (χ3v) is 2.34. The molecule has 0 saturated carbocycles. The van der Waals surface area contributed by atoms with Crippen molar-refractivity contribution in [3.8, 4) is 0 Å². The molecule has 0 saturated heterocycles. The lowest BCUT2D eigenvalue weighted by Gasteiger charge is -2.23. The highest BCUT2D eigenvalue weighted by Gasteiger charge is 2.23. The van der Waals surface area contributed by atoms with Crippen LogP contribution >= 0.6 is 0 Å². The van der Waals surface area contributed by atoms with Crippen molar-refractivity contribution in [1.29, 1.82) is 0 Å². The van der Waals surface area contributed by atoms with Crippen molar-refractivity contribution in [3.05, 3.63) is 35.1 Å². The van der Waals surface area contributed by atoms with Gasteiger partial charge in [-0.15, -0.1) is 0 Å². The van der Waals surface area contributed by atoms with Crippen LogP contribution in [0.1, 0.15) is 32.4 Å². The molecule has 1 unspecified atom stereocenters. The minimum absolute atomic E-state index is 0.193. The Morgan fingerprint density at radius 1 is 1.25 bits per heavy atom. The second-order valence-corrected chi connectivity index (χ2v) is 5.22. The van der Waals surface area contributed by atoms with Crippen molar-refractivity contribution in [2.75, 3.05) is 6.54 Å². The molecule has 0 bridgehead atoms. The van der Waals surface area contributed by atoms with Crippen LogP contribution in [-0.4, -0.2) is 18.2 Å². The molecule has 0 spiro atoms. The summed E-state index contributed by atoms with van der Waals surface area (Å²) in [5.74, 6) is -3.51. The predicted octanol–water partition coefficient (Wildman–Crippen LogP) is 2.63. The van der Waals surface area contributed by atoms with E-state index in [1.165, 1.54) is 0 Å². The quantitative estimate of drug-likeness (QED) is 0.841. The van der Waals surface area contributed by atoms with Gasteiger partial charge in [-0.3, -0.25) is 0 Å². The number of hydrogen-bond donors (Lipinski definition) is 2. The number of nitrogens with two attached hydrogens (primary N) is 1. The number of alkyl carbamates (subject to hydrolysis) is 1. The van der Waals surface area contributed by atoms with E-state index in [0.717, 1.165) is 0 Å². The summed E-state index contributed by atoms with van der Waals surface area (Å²) in [6.07, 6.45) is -0.822. The predicted molar refractivity (Wildman–Crippen MR) is 67.5 cm³/mol. The lowest BCUT2D eigenvalue weighted by molar-refractivity contribution is 0.0504. The third kappa shape index (κ3) is 4.41. The highest BCUT2D eigenvalue weighted by Crippen LogP contribution is 2.20. The minimum Gasteiger partial charge on any atom is -0.444 e. The Morgan fingerprint density at radius 2 is 1.80 bits per heavy atom. The number of rotatable bonds is 3. The summed E-state index contributed by atoms with van der Waals surface area (Å²) < 4.78 is 44.6. The van der Waals surface area contributed by atoms with Crippen LogP contribution in [0.5, 0.6) is 0 Å². The van der Waals surface area contributed by atoms with E-state index in [9.17, 15) is 18.0 Å². The summed E-state index contributed by atoms with van der Waals surface area (Å²) >= 11 is 0. The van der Waals surface area contributed by atoms with E-state index in [4.69, 9.17) is 10.5 Å². The van der Waals surface area contributed by atoms with Crippen molar-refractivity contribution in [1.82, 2.24) is 5.32 Å². The van der Waals surface area contributed by atoms with E-state index in [0.29, 0.717) is 12.1 Å². The Morgan fingerprint density at radius 3 is 2.30 bits per heavy atom. The second kappa shape index (κ2) is 6.13. The number of ether oxygens (including phenoxy) is 1. The van der Waals surface area contributed by atoms with Gasteiger partial charge in [0.25, 0.3) is 0 Å². The Bertz CT molecular complexity index is 501. The summed E-state index contributed by atoms with van der Waals surface area (Å²) in [7, 11) is 0. The average molecular weight is 290 g/mol. The number of amides is 1. The first-order valence-electron chi connectivity index (χ1n) is 5.98. The van der Waals surface area contributed by atoms with E-state index in [1.807, 2.05) is 0 Å². The molecule has 1 aromatic carbocycles. The van der Waals surface area contributed by atoms with E-state index >= 15 is 0 Å². The lowest BCUT2D eigenvalue weighted by atomic mass is 10.1. The van der Waals surface area contributed by atoms with Gasteiger partial charge in [-0.25, -0.2) is 18.0 Å². The first-order chi connectivity index (χ1) is 9.14.